The maximum Gasteiger partial charge on any atom is 0.146 e. The topological polar surface area (TPSA) is 38.0 Å². The Morgan fingerprint density at radius 3 is 2.27 bits per heavy atom. The van der Waals surface area contributed by atoms with E-state index >= 15 is 0 Å². The van der Waals surface area contributed by atoms with Crippen molar-refractivity contribution in [3.05, 3.63) is 35.9 Å². The SMILES string of the molecule is CNc1c(F)ccc2c(N)c(F)ccc12. The van der Waals surface area contributed by atoms with Crippen LogP contribution >= 0.6 is 0 Å². The summed E-state index contributed by atoms with van der Waals surface area (Å²) in [5.74, 6) is -0.868. The Morgan fingerprint density at radius 1 is 1.00 bits per heavy atom. The lowest BCUT2D eigenvalue weighted by Gasteiger charge is -2.09. The molecule has 0 aliphatic carbocycles. The first kappa shape index (κ1) is 9.71. The van der Waals surface area contributed by atoms with E-state index in [1.807, 2.05) is 0 Å². The largest absolute Gasteiger partial charge is 0.396 e. The monoisotopic (exact) mass is 208 g/mol. The van der Waals surface area contributed by atoms with Crippen LogP contribution in [0, 0.1) is 11.6 Å². The second-order valence-corrected chi connectivity index (χ2v) is 3.23. The highest BCUT2D eigenvalue weighted by Gasteiger charge is 2.10. The Hall–Kier alpha value is -1.84. The molecule has 15 heavy (non-hydrogen) atoms. The lowest BCUT2D eigenvalue weighted by molar-refractivity contribution is 0.630. The number of anilines is 2. The van der Waals surface area contributed by atoms with E-state index < -0.39 is 5.82 Å². The number of fused-ring (bicyclic) bond motifs is 1. The molecule has 2 nitrogen and oxygen atoms in total. The fourth-order valence-corrected chi connectivity index (χ4v) is 1.63. The van der Waals surface area contributed by atoms with Crippen LogP contribution in [0.3, 0.4) is 0 Å². The zero-order chi connectivity index (χ0) is 11.0. The molecule has 0 aliphatic heterocycles. The molecule has 2 aromatic rings. The lowest BCUT2D eigenvalue weighted by atomic mass is 10.1. The highest BCUT2D eigenvalue weighted by molar-refractivity contribution is 6.01. The van der Waals surface area contributed by atoms with Crippen LogP contribution in [0.1, 0.15) is 0 Å². The molecule has 0 saturated heterocycles. The number of halogens is 2. The van der Waals surface area contributed by atoms with Gasteiger partial charge in [0.05, 0.1) is 11.4 Å². The summed E-state index contributed by atoms with van der Waals surface area (Å²) in [6.07, 6.45) is 0. The zero-order valence-corrected chi connectivity index (χ0v) is 8.14. The van der Waals surface area contributed by atoms with Crippen molar-refractivity contribution < 1.29 is 8.78 Å². The molecule has 0 heterocycles. The molecule has 3 N–H and O–H groups in total. The molecule has 0 spiro atoms. The van der Waals surface area contributed by atoms with Crippen LogP contribution in [0.25, 0.3) is 10.8 Å². The van der Waals surface area contributed by atoms with E-state index in [2.05, 4.69) is 5.32 Å². The fraction of sp³-hybridized carbons (Fsp3) is 0.0909. The molecule has 0 radical (unpaired) electrons. The quantitative estimate of drug-likeness (QED) is 0.707. The summed E-state index contributed by atoms with van der Waals surface area (Å²) in [5.41, 5.74) is 5.94. The van der Waals surface area contributed by atoms with Crippen LogP contribution in [0.2, 0.25) is 0 Å². The van der Waals surface area contributed by atoms with Crippen molar-refractivity contribution in [2.75, 3.05) is 18.1 Å². The molecular weight excluding hydrogens is 198 g/mol. The first-order valence-corrected chi connectivity index (χ1v) is 4.49. The number of rotatable bonds is 1. The van der Waals surface area contributed by atoms with Gasteiger partial charge in [-0.25, -0.2) is 8.78 Å². The summed E-state index contributed by atoms with van der Waals surface area (Å²) in [4.78, 5) is 0. The maximum absolute atomic E-state index is 13.4. The lowest BCUT2D eigenvalue weighted by Crippen LogP contribution is -1.97. The van der Waals surface area contributed by atoms with Crippen LogP contribution in [0.15, 0.2) is 24.3 Å². The fourth-order valence-electron chi connectivity index (χ4n) is 1.63. The van der Waals surface area contributed by atoms with Crippen molar-refractivity contribution in [2.24, 2.45) is 0 Å². The molecule has 0 aliphatic rings. The van der Waals surface area contributed by atoms with Crippen molar-refractivity contribution in [3.8, 4) is 0 Å². The van der Waals surface area contributed by atoms with Crippen LogP contribution < -0.4 is 11.1 Å². The molecule has 2 rings (SSSR count). The van der Waals surface area contributed by atoms with Gasteiger partial charge in [0.1, 0.15) is 11.6 Å². The Bertz CT molecular complexity index is 523. The van der Waals surface area contributed by atoms with Crippen molar-refractivity contribution >= 4 is 22.1 Å². The Kier molecular flexibility index (Phi) is 2.19. The summed E-state index contributed by atoms with van der Waals surface area (Å²) in [6, 6.07) is 5.49. The van der Waals surface area contributed by atoms with Gasteiger partial charge in [-0.3, -0.25) is 0 Å². The van der Waals surface area contributed by atoms with E-state index in [0.29, 0.717) is 16.5 Å². The van der Waals surface area contributed by atoms with Crippen LogP contribution in [-0.2, 0) is 0 Å². The predicted molar refractivity (Wildman–Crippen MR) is 57.8 cm³/mol. The molecule has 0 saturated carbocycles. The summed E-state index contributed by atoms with van der Waals surface area (Å²) in [7, 11) is 1.61. The average molecular weight is 208 g/mol. The van der Waals surface area contributed by atoms with Gasteiger partial charge >= 0.3 is 0 Å². The van der Waals surface area contributed by atoms with Crippen molar-refractivity contribution in [1.29, 1.82) is 0 Å². The van der Waals surface area contributed by atoms with E-state index in [1.165, 1.54) is 24.3 Å². The number of hydrogen-bond donors (Lipinski definition) is 2. The van der Waals surface area contributed by atoms with E-state index in [0.717, 1.165) is 0 Å². The van der Waals surface area contributed by atoms with E-state index in [-0.39, 0.29) is 11.5 Å². The van der Waals surface area contributed by atoms with Gasteiger partial charge < -0.3 is 11.1 Å². The third-order valence-corrected chi connectivity index (χ3v) is 2.39. The van der Waals surface area contributed by atoms with Crippen molar-refractivity contribution in [1.82, 2.24) is 0 Å². The maximum atomic E-state index is 13.4. The van der Waals surface area contributed by atoms with Crippen LogP contribution in [0.5, 0.6) is 0 Å². The van der Waals surface area contributed by atoms with E-state index in [4.69, 9.17) is 5.73 Å². The number of benzene rings is 2. The molecule has 0 unspecified atom stereocenters. The molecular formula is C11H10F2N2. The van der Waals surface area contributed by atoms with Gasteiger partial charge in [0.25, 0.3) is 0 Å². The van der Waals surface area contributed by atoms with Gasteiger partial charge in [-0.05, 0) is 24.3 Å². The summed E-state index contributed by atoms with van der Waals surface area (Å²) < 4.78 is 26.5. The standard InChI is InChI=1S/C11H10F2N2/c1-15-11-7-3-4-8(12)10(14)6(7)2-5-9(11)13/h2-5,15H,14H2,1H3. The first-order valence-electron chi connectivity index (χ1n) is 4.49. The number of nitrogens with two attached hydrogens (primary N) is 1. The number of nitrogen functional groups attached to an aromatic ring is 1. The minimum Gasteiger partial charge on any atom is -0.396 e. The normalized spacial score (nSPS) is 10.6. The summed E-state index contributed by atoms with van der Waals surface area (Å²) in [6.45, 7) is 0. The third kappa shape index (κ3) is 1.38. The molecule has 0 aromatic heterocycles. The van der Waals surface area contributed by atoms with Gasteiger partial charge in [-0.2, -0.15) is 0 Å². The summed E-state index contributed by atoms with van der Waals surface area (Å²) >= 11 is 0. The molecule has 0 fully saturated rings. The Labute approximate surface area is 85.7 Å². The average Bonchev–Trinajstić information content (AvgIpc) is 2.23. The van der Waals surface area contributed by atoms with Gasteiger partial charge in [0.2, 0.25) is 0 Å². The smallest absolute Gasteiger partial charge is 0.146 e. The van der Waals surface area contributed by atoms with Gasteiger partial charge in [0.15, 0.2) is 0 Å². The molecule has 4 heteroatoms. The van der Waals surface area contributed by atoms with Gasteiger partial charge in [-0.1, -0.05) is 0 Å². The zero-order valence-electron chi connectivity index (χ0n) is 8.14. The number of hydrogen-bond acceptors (Lipinski definition) is 2. The molecule has 0 amide bonds. The predicted octanol–water partition coefficient (Wildman–Crippen LogP) is 2.74. The van der Waals surface area contributed by atoms with Crippen LogP contribution in [-0.4, -0.2) is 7.05 Å². The molecule has 0 atom stereocenters. The molecule has 2 aromatic carbocycles. The second kappa shape index (κ2) is 3.38. The van der Waals surface area contributed by atoms with Gasteiger partial charge in [0, 0.05) is 17.8 Å². The Morgan fingerprint density at radius 2 is 1.60 bits per heavy atom. The minimum atomic E-state index is -0.490. The van der Waals surface area contributed by atoms with Gasteiger partial charge in [-0.15, -0.1) is 0 Å². The Balaban J connectivity index is 2.89. The van der Waals surface area contributed by atoms with Crippen LogP contribution in [0.4, 0.5) is 20.2 Å². The minimum absolute atomic E-state index is 0.0454. The highest BCUT2D eigenvalue weighted by Crippen LogP contribution is 2.31. The molecule has 0 bridgehead atoms. The summed E-state index contributed by atoms with van der Waals surface area (Å²) in [5, 5.41) is 3.83. The van der Waals surface area contributed by atoms with E-state index in [9.17, 15) is 8.78 Å². The second-order valence-electron chi connectivity index (χ2n) is 3.23. The molecule has 78 valence electrons. The van der Waals surface area contributed by atoms with Crippen molar-refractivity contribution in [2.45, 2.75) is 0 Å². The third-order valence-electron chi connectivity index (χ3n) is 2.39. The first-order chi connectivity index (χ1) is 7.15. The number of nitrogens with one attached hydrogen (secondary N) is 1. The van der Waals surface area contributed by atoms with Crippen molar-refractivity contribution in [3.63, 3.8) is 0 Å². The van der Waals surface area contributed by atoms with E-state index in [1.54, 1.807) is 7.05 Å². The highest BCUT2D eigenvalue weighted by atomic mass is 19.1.